The number of sulfone groups is 1. The van der Waals surface area contributed by atoms with Crippen LogP contribution in [0.5, 0.6) is 0 Å². The zero-order valence-electron chi connectivity index (χ0n) is 11.3. The molecule has 0 amide bonds. The summed E-state index contributed by atoms with van der Waals surface area (Å²) in [6, 6.07) is -0.00242. The average molecular weight is 293 g/mol. The molecule has 1 saturated heterocycles. The van der Waals surface area contributed by atoms with Gasteiger partial charge in [0.25, 0.3) is 0 Å². The highest BCUT2D eigenvalue weighted by Gasteiger charge is 2.28. The largest absolute Gasteiger partial charge is 0.357 e. The molecule has 1 fully saturated rings. The van der Waals surface area contributed by atoms with E-state index in [0.29, 0.717) is 11.7 Å². The van der Waals surface area contributed by atoms with Crippen molar-refractivity contribution in [3.63, 3.8) is 0 Å². The van der Waals surface area contributed by atoms with Crippen LogP contribution in [0.15, 0.2) is 4.99 Å². The number of nitrogens with one attached hydrogen (secondary N) is 2. The number of thioether (sulfide) groups is 1. The third-order valence-electron chi connectivity index (χ3n) is 2.83. The van der Waals surface area contributed by atoms with E-state index in [4.69, 9.17) is 0 Å². The van der Waals surface area contributed by atoms with Gasteiger partial charge in [0.15, 0.2) is 15.8 Å². The van der Waals surface area contributed by atoms with E-state index < -0.39 is 9.84 Å². The Morgan fingerprint density at radius 3 is 2.78 bits per heavy atom. The molecule has 0 saturated carbocycles. The van der Waals surface area contributed by atoms with Crippen LogP contribution in [0.25, 0.3) is 0 Å². The molecule has 18 heavy (non-hydrogen) atoms. The van der Waals surface area contributed by atoms with Crippen molar-refractivity contribution >= 4 is 27.6 Å². The average Bonchev–Trinajstić information content (AvgIpc) is 2.65. The highest BCUT2D eigenvalue weighted by molar-refractivity contribution is 7.99. The Labute approximate surface area is 114 Å². The lowest BCUT2D eigenvalue weighted by atomic mass is 10.3. The summed E-state index contributed by atoms with van der Waals surface area (Å²) in [7, 11) is -2.84. The lowest BCUT2D eigenvalue weighted by Crippen LogP contribution is -2.44. The molecule has 106 valence electrons. The Kier molecular flexibility index (Phi) is 6.28. The number of hydrogen-bond donors (Lipinski definition) is 2. The monoisotopic (exact) mass is 293 g/mol. The summed E-state index contributed by atoms with van der Waals surface area (Å²) in [4.78, 5) is 4.47. The molecule has 2 N–H and O–H groups in total. The number of nitrogens with zero attached hydrogens (tertiary/aromatic N) is 1. The van der Waals surface area contributed by atoms with Gasteiger partial charge in [-0.05, 0) is 19.6 Å². The fourth-order valence-corrected chi connectivity index (χ4v) is 3.61. The minimum atomic E-state index is -2.84. The van der Waals surface area contributed by atoms with Crippen molar-refractivity contribution in [2.45, 2.75) is 31.6 Å². The van der Waals surface area contributed by atoms with Gasteiger partial charge in [0.1, 0.15) is 0 Å². The van der Waals surface area contributed by atoms with Gasteiger partial charge >= 0.3 is 0 Å². The number of aliphatic imine (C=N–C) groups is 1. The van der Waals surface area contributed by atoms with Crippen LogP contribution >= 0.6 is 11.8 Å². The molecule has 5 nitrogen and oxygen atoms in total. The molecule has 0 aromatic heterocycles. The SMILES string of the molecule is CCNC(=NCC(C)SC)NC1CCS(=O)(=O)C1. The van der Waals surface area contributed by atoms with Crippen molar-refractivity contribution < 1.29 is 8.42 Å². The van der Waals surface area contributed by atoms with Crippen LogP contribution in [0.2, 0.25) is 0 Å². The smallest absolute Gasteiger partial charge is 0.191 e. The minimum absolute atomic E-state index is 0.00242. The first-order chi connectivity index (χ1) is 8.46. The summed E-state index contributed by atoms with van der Waals surface area (Å²) in [5.41, 5.74) is 0. The zero-order chi connectivity index (χ0) is 13.6. The van der Waals surface area contributed by atoms with Crippen LogP contribution in [0.1, 0.15) is 20.3 Å². The Bertz CT molecular complexity index is 382. The Balaban J connectivity index is 2.52. The Morgan fingerprint density at radius 1 is 1.56 bits per heavy atom. The molecule has 1 heterocycles. The molecule has 0 radical (unpaired) electrons. The third kappa shape index (κ3) is 5.48. The van der Waals surface area contributed by atoms with Crippen LogP contribution < -0.4 is 10.6 Å². The maximum Gasteiger partial charge on any atom is 0.191 e. The van der Waals surface area contributed by atoms with E-state index >= 15 is 0 Å². The zero-order valence-corrected chi connectivity index (χ0v) is 12.9. The van der Waals surface area contributed by atoms with Crippen molar-refractivity contribution in [1.29, 1.82) is 0 Å². The van der Waals surface area contributed by atoms with Gasteiger partial charge in [-0.25, -0.2) is 8.42 Å². The molecule has 1 rings (SSSR count). The van der Waals surface area contributed by atoms with Crippen molar-refractivity contribution in [2.24, 2.45) is 4.99 Å². The van der Waals surface area contributed by atoms with Crippen molar-refractivity contribution in [1.82, 2.24) is 10.6 Å². The second-order valence-electron chi connectivity index (χ2n) is 4.51. The second kappa shape index (κ2) is 7.23. The Hall–Kier alpha value is -0.430. The highest BCUT2D eigenvalue weighted by atomic mass is 32.2. The molecule has 1 aliphatic rings. The summed E-state index contributed by atoms with van der Waals surface area (Å²) < 4.78 is 22.8. The molecular weight excluding hydrogens is 270 g/mol. The van der Waals surface area contributed by atoms with Crippen molar-refractivity contribution in [2.75, 3.05) is 30.9 Å². The van der Waals surface area contributed by atoms with Gasteiger partial charge in [-0.15, -0.1) is 0 Å². The molecule has 0 bridgehead atoms. The minimum Gasteiger partial charge on any atom is -0.357 e. The van der Waals surface area contributed by atoms with Gasteiger partial charge in [0, 0.05) is 17.8 Å². The van der Waals surface area contributed by atoms with Gasteiger partial charge in [0.2, 0.25) is 0 Å². The summed E-state index contributed by atoms with van der Waals surface area (Å²) in [6.45, 7) is 5.63. The predicted molar refractivity (Wildman–Crippen MR) is 79.2 cm³/mol. The van der Waals surface area contributed by atoms with Crippen molar-refractivity contribution in [3.8, 4) is 0 Å². The molecule has 2 atom stereocenters. The molecule has 0 spiro atoms. The maximum atomic E-state index is 11.4. The third-order valence-corrected chi connectivity index (χ3v) is 5.55. The van der Waals surface area contributed by atoms with Crippen molar-refractivity contribution in [3.05, 3.63) is 0 Å². The topological polar surface area (TPSA) is 70.6 Å². The fraction of sp³-hybridized carbons (Fsp3) is 0.909. The first-order valence-corrected chi connectivity index (χ1v) is 9.36. The summed E-state index contributed by atoms with van der Waals surface area (Å²) in [5, 5.41) is 6.82. The highest BCUT2D eigenvalue weighted by Crippen LogP contribution is 2.11. The molecule has 2 unspecified atom stereocenters. The van der Waals surface area contributed by atoms with Crippen LogP contribution in [0.3, 0.4) is 0 Å². The fourth-order valence-electron chi connectivity index (χ4n) is 1.72. The quantitative estimate of drug-likeness (QED) is 0.570. The predicted octanol–water partition coefficient (Wildman–Crippen LogP) is 0.480. The first kappa shape index (κ1) is 15.6. The second-order valence-corrected chi connectivity index (χ2v) is 8.02. The van der Waals surface area contributed by atoms with E-state index in [9.17, 15) is 8.42 Å². The van der Waals surface area contributed by atoms with E-state index in [1.165, 1.54) is 0 Å². The van der Waals surface area contributed by atoms with Crippen LogP contribution in [-0.2, 0) is 9.84 Å². The van der Waals surface area contributed by atoms with Crippen LogP contribution in [0.4, 0.5) is 0 Å². The summed E-state index contributed by atoms with van der Waals surface area (Å²) >= 11 is 1.77. The molecular formula is C11H23N3O2S2. The van der Waals surface area contributed by atoms with Crippen LogP contribution in [0, 0.1) is 0 Å². The number of guanidine groups is 1. The maximum absolute atomic E-state index is 11.4. The van der Waals surface area contributed by atoms with Gasteiger partial charge in [-0.1, -0.05) is 6.92 Å². The standard InChI is InChI=1S/C11H23N3O2S2/c1-4-12-11(13-7-9(2)17-3)14-10-5-6-18(15,16)8-10/h9-10H,4-8H2,1-3H3,(H2,12,13,14). The summed E-state index contributed by atoms with van der Waals surface area (Å²) in [5.74, 6) is 1.22. The van der Waals surface area contributed by atoms with E-state index in [0.717, 1.165) is 19.0 Å². The molecule has 7 heteroatoms. The lowest BCUT2D eigenvalue weighted by Gasteiger charge is -2.16. The number of rotatable bonds is 5. The molecule has 0 aromatic carbocycles. The van der Waals surface area contributed by atoms with E-state index in [1.54, 1.807) is 11.8 Å². The number of hydrogen-bond acceptors (Lipinski definition) is 4. The van der Waals surface area contributed by atoms with Crippen LogP contribution in [-0.4, -0.2) is 56.5 Å². The molecule has 0 aliphatic carbocycles. The van der Waals surface area contributed by atoms with E-state index in [-0.39, 0.29) is 17.5 Å². The van der Waals surface area contributed by atoms with E-state index in [2.05, 4.69) is 28.8 Å². The summed E-state index contributed by atoms with van der Waals surface area (Å²) in [6.07, 6.45) is 2.73. The molecule has 1 aliphatic heterocycles. The van der Waals surface area contributed by atoms with Gasteiger partial charge < -0.3 is 10.6 Å². The van der Waals surface area contributed by atoms with Gasteiger partial charge in [0.05, 0.1) is 18.1 Å². The van der Waals surface area contributed by atoms with Gasteiger partial charge in [-0.2, -0.15) is 11.8 Å². The Morgan fingerprint density at radius 2 is 2.28 bits per heavy atom. The van der Waals surface area contributed by atoms with Gasteiger partial charge in [-0.3, -0.25) is 4.99 Å². The lowest BCUT2D eigenvalue weighted by molar-refractivity contribution is 0.599. The first-order valence-electron chi connectivity index (χ1n) is 6.25. The van der Waals surface area contributed by atoms with E-state index in [1.807, 2.05) is 6.92 Å². The normalized spacial score (nSPS) is 24.8. The molecule has 0 aromatic rings.